The van der Waals surface area contributed by atoms with Gasteiger partial charge in [0.05, 0.1) is 12.7 Å². The summed E-state index contributed by atoms with van der Waals surface area (Å²) in [6.45, 7) is 7.43. The Balaban J connectivity index is 1.62. The molecular weight excluding hydrogens is 350 g/mol. The quantitative estimate of drug-likeness (QED) is 0.842. The summed E-state index contributed by atoms with van der Waals surface area (Å²) in [7, 11) is 2.11. The highest BCUT2D eigenvalue weighted by molar-refractivity contribution is 6.30. The number of nitrogens with one attached hydrogen (secondary N) is 2. The Labute approximate surface area is 159 Å². The van der Waals surface area contributed by atoms with Gasteiger partial charge in [0.1, 0.15) is 5.82 Å². The molecule has 1 aliphatic rings. The van der Waals surface area contributed by atoms with Crippen LogP contribution < -0.4 is 10.6 Å². The Morgan fingerprint density at radius 3 is 2.92 bits per heavy atom. The zero-order valence-electron chi connectivity index (χ0n) is 15.6. The van der Waals surface area contributed by atoms with E-state index in [0.717, 1.165) is 30.6 Å². The summed E-state index contributed by atoms with van der Waals surface area (Å²) in [6, 6.07) is 7.45. The number of amides is 2. The number of aromatic nitrogens is 2. The number of carbonyl (C=O) groups is 1. The molecule has 0 bridgehead atoms. The van der Waals surface area contributed by atoms with Gasteiger partial charge in [0, 0.05) is 23.7 Å². The van der Waals surface area contributed by atoms with Crippen LogP contribution in [-0.2, 0) is 6.54 Å². The molecule has 0 radical (unpaired) electrons. The smallest absolute Gasteiger partial charge is 0.320 e. The maximum absolute atomic E-state index is 12.4. The summed E-state index contributed by atoms with van der Waals surface area (Å²) < 4.78 is 1.78. The van der Waals surface area contributed by atoms with E-state index in [1.807, 2.05) is 31.2 Å². The maximum Gasteiger partial charge on any atom is 0.320 e. The second-order valence-corrected chi connectivity index (χ2v) is 8.01. The lowest BCUT2D eigenvalue weighted by Gasteiger charge is -2.24. The predicted octanol–water partition coefficient (Wildman–Crippen LogP) is 3.36. The SMILES string of the molecule is Cc1cnn(Cc2cccc(Cl)c2)c1NC(=O)NC[C@@]1(C)CCN(C)C1. The molecule has 1 aromatic heterocycles. The number of halogens is 1. The first-order valence-electron chi connectivity index (χ1n) is 8.85. The summed E-state index contributed by atoms with van der Waals surface area (Å²) in [4.78, 5) is 14.7. The minimum atomic E-state index is -0.197. The second kappa shape index (κ2) is 7.68. The predicted molar refractivity (Wildman–Crippen MR) is 105 cm³/mol. The molecule has 1 saturated heterocycles. The third-order valence-electron chi connectivity index (χ3n) is 4.90. The summed E-state index contributed by atoms with van der Waals surface area (Å²) in [5, 5.41) is 11.0. The van der Waals surface area contributed by atoms with E-state index in [9.17, 15) is 4.79 Å². The number of carbonyl (C=O) groups excluding carboxylic acids is 1. The van der Waals surface area contributed by atoms with Crippen molar-refractivity contribution >= 4 is 23.4 Å². The second-order valence-electron chi connectivity index (χ2n) is 7.57. The van der Waals surface area contributed by atoms with Gasteiger partial charge in [-0.05, 0) is 50.0 Å². The Bertz CT molecular complexity index is 790. The molecule has 2 aromatic rings. The highest BCUT2D eigenvalue weighted by Gasteiger charge is 2.32. The Morgan fingerprint density at radius 1 is 1.42 bits per heavy atom. The molecule has 1 aliphatic heterocycles. The van der Waals surface area contributed by atoms with Gasteiger partial charge in [0.2, 0.25) is 0 Å². The van der Waals surface area contributed by atoms with Crippen LogP contribution in [0, 0.1) is 12.3 Å². The highest BCUT2D eigenvalue weighted by Crippen LogP contribution is 2.28. The number of hydrogen-bond donors (Lipinski definition) is 2. The van der Waals surface area contributed by atoms with E-state index in [1.54, 1.807) is 10.9 Å². The average molecular weight is 376 g/mol. The van der Waals surface area contributed by atoms with Crippen molar-refractivity contribution in [3.05, 3.63) is 46.6 Å². The van der Waals surface area contributed by atoms with Crippen LogP contribution in [0.5, 0.6) is 0 Å². The van der Waals surface area contributed by atoms with Crippen LogP contribution in [0.2, 0.25) is 5.02 Å². The van der Waals surface area contributed by atoms with Crippen molar-refractivity contribution in [2.24, 2.45) is 5.41 Å². The van der Waals surface area contributed by atoms with Gasteiger partial charge in [-0.1, -0.05) is 30.7 Å². The van der Waals surface area contributed by atoms with Crippen LogP contribution >= 0.6 is 11.6 Å². The zero-order valence-corrected chi connectivity index (χ0v) is 16.3. The lowest BCUT2D eigenvalue weighted by atomic mass is 9.90. The lowest BCUT2D eigenvalue weighted by Crippen LogP contribution is -2.39. The fraction of sp³-hybridized carbons (Fsp3) is 0.474. The van der Waals surface area contributed by atoms with Crippen molar-refractivity contribution in [3.63, 3.8) is 0 Å². The molecule has 1 atom stereocenters. The molecule has 0 spiro atoms. The van der Waals surface area contributed by atoms with Crippen LogP contribution in [0.4, 0.5) is 10.6 Å². The van der Waals surface area contributed by atoms with Gasteiger partial charge in [-0.3, -0.25) is 5.32 Å². The van der Waals surface area contributed by atoms with E-state index in [2.05, 4.69) is 34.6 Å². The fourth-order valence-electron chi connectivity index (χ4n) is 3.43. The standard InChI is InChI=1S/C19H26ClN5O/c1-14-10-22-25(11-15-5-4-6-16(20)9-15)17(14)23-18(26)21-12-19(2)7-8-24(3)13-19/h4-6,9-10H,7-8,11-13H2,1-3H3,(H2,21,23,26)/t19-/m1/s1. The first-order chi connectivity index (χ1) is 12.3. The molecule has 26 heavy (non-hydrogen) atoms. The summed E-state index contributed by atoms with van der Waals surface area (Å²) in [5.41, 5.74) is 2.09. The van der Waals surface area contributed by atoms with E-state index in [-0.39, 0.29) is 11.4 Å². The van der Waals surface area contributed by atoms with Gasteiger partial charge < -0.3 is 10.2 Å². The molecule has 2 N–H and O–H groups in total. The Kier molecular flexibility index (Phi) is 5.53. The number of anilines is 1. The van der Waals surface area contributed by atoms with E-state index >= 15 is 0 Å². The zero-order chi connectivity index (χ0) is 18.7. The minimum Gasteiger partial charge on any atom is -0.337 e. The summed E-state index contributed by atoms with van der Waals surface area (Å²) in [6.07, 6.45) is 2.85. The number of rotatable bonds is 5. The molecule has 0 aliphatic carbocycles. The van der Waals surface area contributed by atoms with E-state index in [1.165, 1.54) is 0 Å². The monoisotopic (exact) mass is 375 g/mol. The molecule has 2 amide bonds. The molecule has 6 nitrogen and oxygen atoms in total. The van der Waals surface area contributed by atoms with Gasteiger partial charge in [-0.15, -0.1) is 0 Å². The van der Waals surface area contributed by atoms with Gasteiger partial charge in [-0.25, -0.2) is 9.48 Å². The fourth-order valence-corrected chi connectivity index (χ4v) is 3.64. The van der Waals surface area contributed by atoms with Gasteiger partial charge >= 0.3 is 6.03 Å². The number of likely N-dealkylation sites (tertiary alicyclic amines) is 1. The molecule has 0 unspecified atom stereocenters. The van der Waals surface area contributed by atoms with Gasteiger partial charge in [0.25, 0.3) is 0 Å². The maximum atomic E-state index is 12.4. The van der Waals surface area contributed by atoms with Crippen molar-refractivity contribution in [2.75, 3.05) is 32.0 Å². The lowest BCUT2D eigenvalue weighted by molar-refractivity contribution is 0.241. The largest absolute Gasteiger partial charge is 0.337 e. The van der Waals surface area contributed by atoms with Crippen LogP contribution in [0.25, 0.3) is 0 Å². The van der Waals surface area contributed by atoms with Gasteiger partial charge in [0.15, 0.2) is 0 Å². The van der Waals surface area contributed by atoms with Crippen LogP contribution in [0.15, 0.2) is 30.5 Å². The summed E-state index contributed by atoms with van der Waals surface area (Å²) in [5.74, 6) is 0.705. The first-order valence-corrected chi connectivity index (χ1v) is 9.23. The van der Waals surface area contributed by atoms with E-state index < -0.39 is 0 Å². The van der Waals surface area contributed by atoms with Crippen molar-refractivity contribution < 1.29 is 4.79 Å². The molecule has 1 fully saturated rings. The molecule has 3 rings (SSSR count). The number of benzene rings is 1. The number of urea groups is 1. The van der Waals surface area contributed by atoms with Crippen LogP contribution in [0.1, 0.15) is 24.5 Å². The van der Waals surface area contributed by atoms with Crippen molar-refractivity contribution in [3.8, 4) is 0 Å². The van der Waals surface area contributed by atoms with E-state index in [0.29, 0.717) is 23.9 Å². The number of nitrogens with zero attached hydrogens (tertiary/aromatic N) is 3. The molecule has 1 aromatic carbocycles. The van der Waals surface area contributed by atoms with E-state index in [4.69, 9.17) is 11.6 Å². The van der Waals surface area contributed by atoms with Crippen molar-refractivity contribution in [1.29, 1.82) is 0 Å². The van der Waals surface area contributed by atoms with Crippen LogP contribution in [0.3, 0.4) is 0 Å². The number of aryl methyl sites for hydroxylation is 1. The third kappa shape index (κ3) is 4.56. The average Bonchev–Trinajstić information content (AvgIpc) is 3.10. The summed E-state index contributed by atoms with van der Waals surface area (Å²) >= 11 is 6.05. The Hall–Kier alpha value is -2.05. The third-order valence-corrected chi connectivity index (χ3v) is 5.14. The molecular formula is C19H26ClN5O. The van der Waals surface area contributed by atoms with Crippen LogP contribution in [-0.4, -0.2) is 47.4 Å². The van der Waals surface area contributed by atoms with Gasteiger partial charge in [-0.2, -0.15) is 5.10 Å². The van der Waals surface area contributed by atoms with Crippen molar-refractivity contribution in [1.82, 2.24) is 20.0 Å². The minimum absolute atomic E-state index is 0.127. The topological polar surface area (TPSA) is 62.2 Å². The molecule has 7 heteroatoms. The normalized spacial score (nSPS) is 20.3. The molecule has 2 heterocycles. The first kappa shape index (κ1) is 18.7. The Morgan fingerprint density at radius 2 is 2.23 bits per heavy atom. The molecule has 140 valence electrons. The van der Waals surface area contributed by atoms with Crippen molar-refractivity contribution in [2.45, 2.75) is 26.8 Å². The number of hydrogen-bond acceptors (Lipinski definition) is 3. The molecule has 0 saturated carbocycles. The highest BCUT2D eigenvalue weighted by atomic mass is 35.5.